The van der Waals surface area contributed by atoms with Gasteiger partial charge in [-0.1, -0.05) is 17.8 Å². The molecule has 0 atom stereocenters. The zero-order chi connectivity index (χ0) is 18.5. The average Bonchev–Trinajstić information content (AvgIpc) is 3.22. The molecule has 1 fully saturated rings. The van der Waals surface area contributed by atoms with Crippen molar-refractivity contribution in [1.29, 1.82) is 0 Å². The molecule has 138 valence electrons. The predicted octanol–water partition coefficient (Wildman–Crippen LogP) is 1.97. The standard InChI is InChI=1S/C18H18N6O2S/c25-16(24-10-8-23(9-11-24)15-5-1-2-7-20-15)13-27-18-22-21-17(26-18)14-4-3-6-19-12-14/h1-7,12H,8-11,13H2. The molecule has 0 aliphatic carbocycles. The molecule has 0 radical (unpaired) electrons. The van der Waals surface area contributed by atoms with Crippen molar-refractivity contribution < 1.29 is 9.21 Å². The average molecular weight is 382 g/mol. The normalized spacial score (nSPS) is 14.4. The largest absolute Gasteiger partial charge is 0.411 e. The third-order valence-corrected chi connectivity index (χ3v) is 5.04. The van der Waals surface area contributed by atoms with Gasteiger partial charge in [-0.05, 0) is 24.3 Å². The molecule has 1 amide bonds. The number of rotatable bonds is 5. The molecule has 0 spiro atoms. The van der Waals surface area contributed by atoms with Crippen LogP contribution >= 0.6 is 11.8 Å². The van der Waals surface area contributed by atoms with Crippen LogP contribution in [0.1, 0.15) is 0 Å². The fourth-order valence-corrected chi connectivity index (χ4v) is 3.48. The van der Waals surface area contributed by atoms with Crippen LogP contribution in [0.2, 0.25) is 0 Å². The van der Waals surface area contributed by atoms with Gasteiger partial charge in [0.05, 0.1) is 11.3 Å². The van der Waals surface area contributed by atoms with E-state index < -0.39 is 0 Å². The summed E-state index contributed by atoms with van der Waals surface area (Å²) in [5.41, 5.74) is 0.758. The predicted molar refractivity (Wildman–Crippen MR) is 101 cm³/mol. The molecule has 0 aromatic carbocycles. The summed E-state index contributed by atoms with van der Waals surface area (Å²) < 4.78 is 5.60. The fraction of sp³-hybridized carbons (Fsp3) is 0.278. The summed E-state index contributed by atoms with van der Waals surface area (Å²) in [4.78, 5) is 24.9. The summed E-state index contributed by atoms with van der Waals surface area (Å²) in [6.45, 7) is 2.92. The molecule has 1 aliphatic rings. The van der Waals surface area contributed by atoms with Crippen molar-refractivity contribution in [1.82, 2.24) is 25.1 Å². The molecule has 0 unspecified atom stereocenters. The van der Waals surface area contributed by atoms with Gasteiger partial charge in [-0.2, -0.15) is 0 Å². The molecule has 0 bridgehead atoms. The summed E-state index contributed by atoms with van der Waals surface area (Å²) in [7, 11) is 0. The van der Waals surface area contributed by atoms with E-state index in [1.807, 2.05) is 29.2 Å². The van der Waals surface area contributed by atoms with Crippen LogP contribution < -0.4 is 4.90 Å². The van der Waals surface area contributed by atoms with Crippen molar-refractivity contribution in [2.24, 2.45) is 0 Å². The third-order valence-electron chi connectivity index (χ3n) is 4.24. The van der Waals surface area contributed by atoms with Gasteiger partial charge in [-0.15, -0.1) is 10.2 Å². The van der Waals surface area contributed by atoms with E-state index in [-0.39, 0.29) is 11.7 Å². The van der Waals surface area contributed by atoms with Crippen molar-refractivity contribution in [3.63, 3.8) is 0 Å². The quantitative estimate of drug-likeness (QED) is 0.619. The van der Waals surface area contributed by atoms with E-state index >= 15 is 0 Å². The van der Waals surface area contributed by atoms with E-state index in [1.165, 1.54) is 11.8 Å². The highest BCUT2D eigenvalue weighted by Crippen LogP contribution is 2.23. The van der Waals surface area contributed by atoms with Gasteiger partial charge in [-0.3, -0.25) is 9.78 Å². The second-order valence-electron chi connectivity index (χ2n) is 5.96. The first-order chi connectivity index (χ1) is 13.3. The maximum absolute atomic E-state index is 12.5. The van der Waals surface area contributed by atoms with E-state index in [4.69, 9.17) is 4.42 Å². The zero-order valence-corrected chi connectivity index (χ0v) is 15.4. The van der Waals surface area contributed by atoms with Gasteiger partial charge >= 0.3 is 0 Å². The van der Waals surface area contributed by atoms with Gasteiger partial charge in [0.15, 0.2) is 0 Å². The van der Waals surface area contributed by atoms with Crippen molar-refractivity contribution >= 4 is 23.5 Å². The van der Waals surface area contributed by atoms with E-state index in [1.54, 1.807) is 24.7 Å². The Bertz CT molecular complexity index is 881. The SMILES string of the molecule is O=C(CSc1nnc(-c2cccnc2)o1)N1CCN(c2ccccn2)CC1. The number of carbonyl (C=O) groups is 1. The smallest absolute Gasteiger partial charge is 0.277 e. The van der Waals surface area contributed by atoms with Crippen LogP contribution in [-0.2, 0) is 4.79 Å². The Kier molecular flexibility index (Phi) is 5.29. The van der Waals surface area contributed by atoms with Crippen LogP contribution in [0.15, 0.2) is 58.6 Å². The van der Waals surface area contributed by atoms with Crippen LogP contribution in [0.25, 0.3) is 11.5 Å². The number of pyridine rings is 2. The number of amides is 1. The van der Waals surface area contributed by atoms with Gasteiger partial charge in [0.2, 0.25) is 11.8 Å². The van der Waals surface area contributed by atoms with E-state index in [0.717, 1.165) is 24.5 Å². The molecule has 4 rings (SSSR count). The lowest BCUT2D eigenvalue weighted by Gasteiger charge is -2.35. The van der Waals surface area contributed by atoms with E-state index in [2.05, 4.69) is 25.1 Å². The molecule has 4 heterocycles. The minimum Gasteiger partial charge on any atom is -0.411 e. The highest BCUT2D eigenvalue weighted by Gasteiger charge is 2.22. The lowest BCUT2D eigenvalue weighted by molar-refractivity contribution is -0.128. The Balaban J connectivity index is 1.27. The van der Waals surface area contributed by atoms with E-state index in [0.29, 0.717) is 24.2 Å². The van der Waals surface area contributed by atoms with Crippen LogP contribution in [0, 0.1) is 0 Å². The number of aromatic nitrogens is 4. The first-order valence-corrected chi connectivity index (χ1v) is 9.58. The lowest BCUT2D eigenvalue weighted by Crippen LogP contribution is -2.49. The fourth-order valence-electron chi connectivity index (χ4n) is 2.81. The van der Waals surface area contributed by atoms with Gasteiger partial charge in [0.1, 0.15) is 5.82 Å². The van der Waals surface area contributed by atoms with Crippen LogP contribution in [0.3, 0.4) is 0 Å². The minimum absolute atomic E-state index is 0.0711. The zero-order valence-electron chi connectivity index (χ0n) is 14.6. The Morgan fingerprint density at radius 2 is 1.96 bits per heavy atom. The summed E-state index contributed by atoms with van der Waals surface area (Å²) in [5.74, 6) is 1.70. The maximum Gasteiger partial charge on any atom is 0.277 e. The Morgan fingerprint density at radius 3 is 2.70 bits per heavy atom. The molecule has 1 saturated heterocycles. The monoisotopic (exact) mass is 382 g/mol. The summed E-state index contributed by atoms with van der Waals surface area (Å²) >= 11 is 1.26. The Hall–Kier alpha value is -2.94. The number of piperazine rings is 1. The number of hydrogen-bond acceptors (Lipinski definition) is 8. The second kappa shape index (κ2) is 8.17. The molecular formula is C18H18N6O2S. The van der Waals surface area contributed by atoms with E-state index in [9.17, 15) is 4.79 Å². The summed E-state index contributed by atoms with van der Waals surface area (Å²) in [5, 5.41) is 8.38. The van der Waals surface area contributed by atoms with Gasteiger partial charge in [0.25, 0.3) is 5.22 Å². The molecule has 9 heteroatoms. The molecule has 3 aromatic rings. The van der Waals surface area contributed by atoms with Crippen LogP contribution in [-0.4, -0.2) is 62.9 Å². The van der Waals surface area contributed by atoms with Crippen molar-refractivity contribution in [2.45, 2.75) is 5.22 Å². The number of nitrogens with zero attached hydrogens (tertiary/aromatic N) is 6. The summed E-state index contributed by atoms with van der Waals surface area (Å²) in [6.07, 6.45) is 5.13. The number of carbonyl (C=O) groups excluding carboxylic acids is 1. The Morgan fingerprint density at radius 1 is 1.07 bits per heavy atom. The molecule has 0 saturated carbocycles. The van der Waals surface area contributed by atoms with Crippen molar-refractivity contribution in [3.05, 3.63) is 48.9 Å². The molecule has 0 N–H and O–H groups in total. The van der Waals surface area contributed by atoms with Crippen LogP contribution in [0.4, 0.5) is 5.82 Å². The molecule has 27 heavy (non-hydrogen) atoms. The topological polar surface area (TPSA) is 88.2 Å². The summed E-state index contributed by atoms with van der Waals surface area (Å²) in [6, 6.07) is 9.52. The highest BCUT2D eigenvalue weighted by molar-refractivity contribution is 7.99. The lowest BCUT2D eigenvalue weighted by atomic mass is 10.3. The van der Waals surface area contributed by atoms with Crippen LogP contribution in [0.5, 0.6) is 0 Å². The Labute approximate surface area is 160 Å². The third kappa shape index (κ3) is 4.25. The van der Waals surface area contributed by atoms with Gasteiger partial charge in [0, 0.05) is 44.8 Å². The number of hydrogen-bond donors (Lipinski definition) is 0. The minimum atomic E-state index is 0.0711. The first-order valence-electron chi connectivity index (χ1n) is 8.60. The second-order valence-corrected chi connectivity index (χ2v) is 6.89. The van der Waals surface area contributed by atoms with Crippen molar-refractivity contribution in [3.8, 4) is 11.5 Å². The van der Waals surface area contributed by atoms with Gasteiger partial charge < -0.3 is 14.2 Å². The molecular weight excluding hydrogens is 364 g/mol. The molecule has 3 aromatic heterocycles. The number of anilines is 1. The molecule has 1 aliphatic heterocycles. The highest BCUT2D eigenvalue weighted by atomic mass is 32.2. The first kappa shape index (κ1) is 17.5. The van der Waals surface area contributed by atoms with Gasteiger partial charge in [-0.25, -0.2) is 4.98 Å². The van der Waals surface area contributed by atoms with Crippen molar-refractivity contribution in [2.75, 3.05) is 36.8 Å². The molecule has 8 nitrogen and oxygen atoms in total. The number of thioether (sulfide) groups is 1. The maximum atomic E-state index is 12.5.